The highest BCUT2D eigenvalue weighted by Crippen LogP contribution is 2.15. The summed E-state index contributed by atoms with van der Waals surface area (Å²) < 4.78 is 0. The number of fused-ring (bicyclic) bond motifs is 1. The van der Waals surface area contributed by atoms with Gasteiger partial charge in [0.25, 0.3) is 0 Å². The van der Waals surface area contributed by atoms with E-state index in [9.17, 15) is 4.79 Å². The standard InChI is InChI=1S/C11H10N2O/c1-8(14)6-11-10-5-3-2-4-9(10)7-12-13-11/h2-5,7H,6H2,1H3. The molecule has 0 saturated carbocycles. The number of aromatic nitrogens is 2. The van der Waals surface area contributed by atoms with Crippen molar-refractivity contribution in [2.75, 3.05) is 0 Å². The molecular weight excluding hydrogens is 176 g/mol. The topological polar surface area (TPSA) is 42.9 Å². The number of carbonyl (C=O) groups is 1. The van der Waals surface area contributed by atoms with E-state index in [2.05, 4.69) is 10.2 Å². The number of benzene rings is 1. The highest BCUT2D eigenvalue weighted by atomic mass is 16.1. The van der Waals surface area contributed by atoms with Gasteiger partial charge < -0.3 is 0 Å². The van der Waals surface area contributed by atoms with E-state index in [1.807, 2.05) is 24.3 Å². The Morgan fingerprint density at radius 1 is 1.36 bits per heavy atom. The second-order valence-electron chi connectivity index (χ2n) is 3.26. The third-order valence-electron chi connectivity index (χ3n) is 2.06. The van der Waals surface area contributed by atoms with Crippen molar-refractivity contribution in [2.45, 2.75) is 13.3 Å². The van der Waals surface area contributed by atoms with Crippen molar-refractivity contribution < 1.29 is 4.79 Å². The Morgan fingerprint density at radius 3 is 2.93 bits per heavy atom. The molecule has 3 heteroatoms. The first-order valence-corrected chi connectivity index (χ1v) is 4.46. The van der Waals surface area contributed by atoms with E-state index < -0.39 is 0 Å². The van der Waals surface area contributed by atoms with E-state index in [0.29, 0.717) is 6.42 Å². The van der Waals surface area contributed by atoms with Gasteiger partial charge in [0.15, 0.2) is 0 Å². The summed E-state index contributed by atoms with van der Waals surface area (Å²) in [5.41, 5.74) is 0.760. The molecule has 2 rings (SSSR count). The Morgan fingerprint density at radius 2 is 2.14 bits per heavy atom. The van der Waals surface area contributed by atoms with Crippen LogP contribution in [0.3, 0.4) is 0 Å². The number of Topliss-reactive ketones (excluding diaryl/α,β-unsaturated/α-hetero) is 1. The van der Waals surface area contributed by atoms with Gasteiger partial charge in [-0.2, -0.15) is 10.2 Å². The molecule has 1 heterocycles. The summed E-state index contributed by atoms with van der Waals surface area (Å²) in [5.74, 6) is 0.107. The van der Waals surface area contributed by atoms with Gasteiger partial charge >= 0.3 is 0 Å². The molecule has 1 aromatic carbocycles. The van der Waals surface area contributed by atoms with E-state index >= 15 is 0 Å². The molecule has 0 aliphatic heterocycles. The van der Waals surface area contributed by atoms with Crippen LogP contribution in [0.2, 0.25) is 0 Å². The second-order valence-corrected chi connectivity index (χ2v) is 3.26. The molecule has 3 nitrogen and oxygen atoms in total. The lowest BCUT2D eigenvalue weighted by molar-refractivity contribution is -0.116. The first-order chi connectivity index (χ1) is 6.77. The van der Waals surface area contributed by atoms with Crippen molar-refractivity contribution in [1.82, 2.24) is 10.2 Å². The molecule has 0 unspecified atom stereocenters. The Labute approximate surface area is 81.8 Å². The van der Waals surface area contributed by atoms with Gasteiger partial charge in [-0.25, -0.2) is 0 Å². The summed E-state index contributed by atoms with van der Waals surface area (Å²) in [6.07, 6.45) is 2.06. The van der Waals surface area contributed by atoms with Gasteiger partial charge in [-0.3, -0.25) is 4.79 Å². The highest BCUT2D eigenvalue weighted by molar-refractivity contribution is 5.88. The smallest absolute Gasteiger partial charge is 0.135 e. The molecular formula is C11H10N2O. The van der Waals surface area contributed by atoms with Crippen molar-refractivity contribution in [2.24, 2.45) is 0 Å². The highest BCUT2D eigenvalue weighted by Gasteiger charge is 2.04. The van der Waals surface area contributed by atoms with Crippen molar-refractivity contribution in [3.63, 3.8) is 0 Å². The van der Waals surface area contributed by atoms with E-state index in [1.165, 1.54) is 0 Å². The van der Waals surface area contributed by atoms with Gasteiger partial charge in [-0.05, 0) is 6.92 Å². The third-order valence-corrected chi connectivity index (χ3v) is 2.06. The van der Waals surface area contributed by atoms with Gasteiger partial charge in [0.2, 0.25) is 0 Å². The van der Waals surface area contributed by atoms with Crippen LogP contribution in [0, 0.1) is 0 Å². The Balaban J connectivity index is 2.59. The van der Waals surface area contributed by atoms with Gasteiger partial charge in [-0.1, -0.05) is 24.3 Å². The van der Waals surface area contributed by atoms with Crippen molar-refractivity contribution in [3.8, 4) is 0 Å². The van der Waals surface area contributed by atoms with Crippen LogP contribution in [-0.2, 0) is 11.2 Å². The number of hydrogen-bond acceptors (Lipinski definition) is 3. The maximum Gasteiger partial charge on any atom is 0.135 e. The molecule has 0 radical (unpaired) electrons. The Bertz CT molecular complexity index is 474. The average Bonchev–Trinajstić information content (AvgIpc) is 2.18. The minimum atomic E-state index is 0.107. The largest absolute Gasteiger partial charge is 0.300 e. The maximum atomic E-state index is 11.0. The quantitative estimate of drug-likeness (QED) is 0.717. The van der Waals surface area contributed by atoms with Crippen molar-refractivity contribution in [1.29, 1.82) is 0 Å². The molecule has 0 N–H and O–H groups in total. The average molecular weight is 186 g/mol. The summed E-state index contributed by atoms with van der Waals surface area (Å²) in [7, 11) is 0. The number of hydrogen-bond donors (Lipinski definition) is 0. The molecule has 1 aromatic heterocycles. The summed E-state index contributed by atoms with van der Waals surface area (Å²) >= 11 is 0. The van der Waals surface area contributed by atoms with E-state index in [0.717, 1.165) is 16.5 Å². The van der Waals surface area contributed by atoms with Crippen LogP contribution in [-0.4, -0.2) is 16.0 Å². The number of nitrogens with zero attached hydrogens (tertiary/aromatic N) is 2. The summed E-state index contributed by atoms with van der Waals surface area (Å²) in [6, 6.07) is 7.81. The number of carbonyl (C=O) groups excluding carboxylic acids is 1. The third kappa shape index (κ3) is 1.62. The molecule has 0 saturated heterocycles. The minimum Gasteiger partial charge on any atom is -0.300 e. The molecule has 0 atom stereocenters. The molecule has 0 aliphatic carbocycles. The maximum absolute atomic E-state index is 11.0. The molecule has 0 aliphatic rings. The lowest BCUT2D eigenvalue weighted by Gasteiger charge is -2.01. The zero-order valence-corrected chi connectivity index (χ0v) is 7.90. The molecule has 2 aromatic rings. The fourth-order valence-electron chi connectivity index (χ4n) is 1.45. The molecule has 14 heavy (non-hydrogen) atoms. The van der Waals surface area contributed by atoms with Crippen molar-refractivity contribution >= 4 is 16.6 Å². The normalized spacial score (nSPS) is 10.4. The van der Waals surface area contributed by atoms with E-state index in [-0.39, 0.29) is 5.78 Å². The summed E-state index contributed by atoms with van der Waals surface area (Å²) in [6.45, 7) is 1.56. The SMILES string of the molecule is CC(=O)Cc1nncc2ccccc12. The van der Waals surface area contributed by atoms with Crippen LogP contribution in [0.5, 0.6) is 0 Å². The first kappa shape index (κ1) is 8.81. The predicted octanol–water partition coefficient (Wildman–Crippen LogP) is 1.76. The van der Waals surface area contributed by atoms with Gasteiger partial charge in [0.1, 0.15) is 5.78 Å². The monoisotopic (exact) mass is 186 g/mol. The van der Waals surface area contributed by atoms with E-state index in [4.69, 9.17) is 0 Å². The predicted molar refractivity (Wildman–Crippen MR) is 53.9 cm³/mol. The zero-order valence-electron chi connectivity index (χ0n) is 7.90. The Hall–Kier alpha value is -1.77. The lowest BCUT2D eigenvalue weighted by Crippen LogP contribution is -2.01. The number of rotatable bonds is 2. The lowest BCUT2D eigenvalue weighted by atomic mass is 10.1. The Kier molecular flexibility index (Phi) is 2.23. The van der Waals surface area contributed by atoms with Crippen LogP contribution >= 0.6 is 0 Å². The van der Waals surface area contributed by atoms with Crippen LogP contribution in [0.15, 0.2) is 30.5 Å². The molecule has 70 valence electrons. The van der Waals surface area contributed by atoms with Gasteiger partial charge in [0.05, 0.1) is 18.3 Å². The van der Waals surface area contributed by atoms with Crippen LogP contribution < -0.4 is 0 Å². The molecule has 0 bridgehead atoms. The van der Waals surface area contributed by atoms with Crippen molar-refractivity contribution in [3.05, 3.63) is 36.2 Å². The fourth-order valence-corrected chi connectivity index (χ4v) is 1.45. The summed E-state index contributed by atoms with van der Waals surface area (Å²) in [4.78, 5) is 11.0. The fraction of sp³-hybridized carbons (Fsp3) is 0.182. The first-order valence-electron chi connectivity index (χ1n) is 4.46. The van der Waals surface area contributed by atoms with Gasteiger partial charge in [0, 0.05) is 10.8 Å². The van der Waals surface area contributed by atoms with Crippen LogP contribution in [0.1, 0.15) is 12.6 Å². The van der Waals surface area contributed by atoms with Crippen LogP contribution in [0.4, 0.5) is 0 Å². The van der Waals surface area contributed by atoms with Crippen LogP contribution in [0.25, 0.3) is 10.8 Å². The zero-order chi connectivity index (χ0) is 9.97. The summed E-state index contributed by atoms with van der Waals surface area (Å²) in [5, 5.41) is 9.88. The molecule has 0 fully saturated rings. The van der Waals surface area contributed by atoms with Gasteiger partial charge in [-0.15, -0.1) is 0 Å². The number of ketones is 1. The molecule has 0 spiro atoms. The second kappa shape index (κ2) is 3.54. The minimum absolute atomic E-state index is 0.107. The molecule has 0 amide bonds. The van der Waals surface area contributed by atoms with E-state index in [1.54, 1.807) is 13.1 Å².